The summed E-state index contributed by atoms with van der Waals surface area (Å²) in [6.07, 6.45) is 8.91. The van der Waals surface area contributed by atoms with Gasteiger partial charge in [-0.3, -0.25) is 9.78 Å². The van der Waals surface area contributed by atoms with E-state index in [4.69, 9.17) is 0 Å². The molecule has 3 heteroatoms. The van der Waals surface area contributed by atoms with Gasteiger partial charge in [-0.15, -0.1) is 0 Å². The summed E-state index contributed by atoms with van der Waals surface area (Å²) in [5.41, 5.74) is 0.510. The Hall–Kier alpha value is -1.64. The lowest BCUT2D eigenvalue weighted by Gasteiger charge is -2.24. The fourth-order valence-corrected chi connectivity index (χ4v) is 1.83. The van der Waals surface area contributed by atoms with Crippen LogP contribution in [0.1, 0.15) is 29.8 Å². The molecule has 0 unspecified atom stereocenters. The number of rotatable bonds is 3. The molecule has 16 heavy (non-hydrogen) atoms. The van der Waals surface area contributed by atoms with Crippen molar-refractivity contribution in [2.75, 3.05) is 13.1 Å². The van der Waals surface area contributed by atoms with Gasteiger partial charge in [-0.05, 0) is 31.4 Å². The Balaban J connectivity index is 1.94. The summed E-state index contributed by atoms with van der Waals surface area (Å²) in [7, 11) is 0. The number of ketones is 1. The second-order valence-electron chi connectivity index (χ2n) is 3.99. The summed E-state index contributed by atoms with van der Waals surface area (Å²) in [4.78, 5) is 17.9. The maximum absolute atomic E-state index is 11.7. The second-order valence-corrected chi connectivity index (χ2v) is 3.99. The van der Waals surface area contributed by atoms with Crippen molar-refractivity contribution >= 4 is 5.78 Å². The van der Waals surface area contributed by atoms with E-state index in [1.54, 1.807) is 18.3 Å². The van der Waals surface area contributed by atoms with Gasteiger partial charge in [0.15, 0.2) is 0 Å². The first kappa shape index (κ1) is 10.9. The number of hydrogen-bond donors (Lipinski definition) is 0. The van der Waals surface area contributed by atoms with Crippen molar-refractivity contribution in [2.45, 2.75) is 19.3 Å². The van der Waals surface area contributed by atoms with Crippen LogP contribution in [-0.4, -0.2) is 28.8 Å². The van der Waals surface area contributed by atoms with E-state index in [9.17, 15) is 4.79 Å². The van der Waals surface area contributed by atoms with Crippen LogP contribution in [0, 0.1) is 0 Å². The average Bonchev–Trinajstić information content (AvgIpc) is 2.38. The van der Waals surface area contributed by atoms with Crippen LogP contribution < -0.4 is 0 Å². The predicted octanol–water partition coefficient (Wildman–Crippen LogP) is 2.26. The number of likely N-dealkylation sites (tertiary alicyclic amines) is 1. The van der Waals surface area contributed by atoms with Crippen molar-refractivity contribution in [1.29, 1.82) is 0 Å². The molecule has 1 aliphatic heterocycles. The number of pyridine rings is 1. The minimum absolute atomic E-state index is 0.0221. The molecule has 1 fully saturated rings. The normalized spacial score (nSPS) is 16.6. The maximum Gasteiger partial charge on any atom is 0.205 e. The number of allylic oxidation sites excluding steroid dienone is 1. The average molecular weight is 216 g/mol. The Morgan fingerprint density at radius 1 is 1.25 bits per heavy atom. The van der Waals surface area contributed by atoms with Crippen molar-refractivity contribution in [3.05, 3.63) is 42.4 Å². The Morgan fingerprint density at radius 3 is 2.75 bits per heavy atom. The number of aromatic nitrogens is 1. The SMILES string of the molecule is O=C(C=CN1CCCCC1)c1ccccn1. The fraction of sp³-hybridized carbons (Fsp3) is 0.385. The lowest BCUT2D eigenvalue weighted by atomic mass is 10.1. The Bertz CT molecular complexity index is 367. The molecule has 0 spiro atoms. The number of nitrogens with zero attached hydrogens (tertiary/aromatic N) is 2. The lowest BCUT2D eigenvalue weighted by Crippen LogP contribution is -2.24. The van der Waals surface area contributed by atoms with Gasteiger partial charge in [-0.1, -0.05) is 6.07 Å². The van der Waals surface area contributed by atoms with Gasteiger partial charge in [0.2, 0.25) is 5.78 Å². The molecule has 1 aromatic rings. The number of piperidine rings is 1. The van der Waals surface area contributed by atoms with Gasteiger partial charge in [0, 0.05) is 31.6 Å². The quantitative estimate of drug-likeness (QED) is 0.574. The molecule has 0 N–H and O–H groups in total. The number of carbonyl (C=O) groups excluding carboxylic acids is 1. The third-order valence-electron chi connectivity index (χ3n) is 2.74. The number of carbonyl (C=O) groups is 1. The van der Waals surface area contributed by atoms with Crippen molar-refractivity contribution in [3.8, 4) is 0 Å². The first-order valence-corrected chi connectivity index (χ1v) is 5.74. The van der Waals surface area contributed by atoms with Crippen LogP contribution in [-0.2, 0) is 0 Å². The van der Waals surface area contributed by atoms with Gasteiger partial charge < -0.3 is 4.90 Å². The molecule has 1 saturated heterocycles. The van der Waals surface area contributed by atoms with E-state index >= 15 is 0 Å². The molecular weight excluding hydrogens is 200 g/mol. The molecule has 1 aromatic heterocycles. The second kappa shape index (κ2) is 5.45. The topological polar surface area (TPSA) is 33.2 Å². The first-order chi connectivity index (χ1) is 7.86. The molecule has 0 radical (unpaired) electrons. The van der Waals surface area contributed by atoms with E-state index in [0.29, 0.717) is 5.69 Å². The van der Waals surface area contributed by atoms with Gasteiger partial charge in [0.05, 0.1) is 0 Å². The van der Waals surface area contributed by atoms with Gasteiger partial charge in [0.25, 0.3) is 0 Å². The summed E-state index contributed by atoms with van der Waals surface area (Å²) in [5.74, 6) is -0.0221. The van der Waals surface area contributed by atoms with E-state index in [0.717, 1.165) is 13.1 Å². The van der Waals surface area contributed by atoms with Gasteiger partial charge in [-0.2, -0.15) is 0 Å². The monoisotopic (exact) mass is 216 g/mol. The minimum atomic E-state index is -0.0221. The Labute approximate surface area is 95.8 Å². The third-order valence-corrected chi connectivity index (χ3v) is 2.74. The largest absolute Gasteiger partial charge is 0.377 e. The summed E-state index contributed by atoms with van der Waals surface area (Å²) in [6, 6.07) is 5.38. The summed E-state index contributed by atoms with van der Waals surface area (Å²) in [6.45, 7) is 2.12. The summed E-state index contributed by atoms with van der Waals surface area (Å²) >= 11 is 0. The summed E-state index contributed by atoms with van der Waals surface area (Å²) in [5, 5.41) is 0. The van der Waals surface area contributed by atoms with Crippen LogP contribution in [0.2, 0.25) is 0 Å². The molecule has 0 atom stereocenters. The van der Waals surface area contributed by atoms with Crippen LogP contribution >= 0.6 is 0 Å². The molecule has 84 valence electrons. The van der Waals surface area contributed by atoms with Crippen LogP contribution in [0.15, 0.2) is 36.7 Å². The van der Waals surface area contributed by atoms with Gasteiger partial charge in [-0.25, -0.2) is 0 Å². The highest BCUT2D eigenvalue weighted by molar-refractivity contribution is 6.02. The standard InChI is InChI=1S/C13H16N2O/c16-13(12-6-2-3-8-14-12)7-11-15-9-4-1-5-10-15/h2-3,6-8,11H,1,4-5,9-10H2. The molecule has 2 heterocycles. The molecule has 0 aromatic carbocycles. The first-order valence-electron chi connectivity index (χ1n) is 5.74. The van der Waals surface area contributed by atoms with E-state index in [2.05, 4.69) is 9.88 Å². The highest BCUT2D eigenvalue weighted by Gasteiger charge is 2.07. The zero-order chi connectivity index (χ0) is 11.2. The predicted molar refractivity (Wildman–Crippen MR) is 63.1 cm³/mol. The third kappa shape index (κ3) is 2.92. The molecule has 0 amide bonds. The zero-order valence-electron chi connectivity index (χ0n) is 9.30. The maximum atomic E-state index is 11.7. The van der Waals surface area contributed by atoms with Gasteiger partial charge >= 0.3 is 0 Å². The smallest absolute Gasteiger partial charge is 0.205 e. The Kier molecular flexibility index (Phi) is 3.70. The van der Waals surface area contributed by atoms with Crippen molar-refractivity contribution in [2.24, 2.45) is 0 Å². The van der Waals surface area contributed by atoms with Crippen molar-refractivity contribution < 1.29 is 4.79 Å². The van der Waals surface area contributed by atoms with Crippen LogP contribution in [0.4, 0.5) is 0 Å². The molecule has 1 aliphatic rings. The molecule has 0 aliphatic carbocycles. The van der Waals surface area contributed by atoms with E-state index in [1.165, 1.54) is 19.3 Å². The molecule has 0 saturated carbocycles. The molecule has 2 rings (SSSR count). The lowest BCUT2D eigenvalue weighted by molar-refractivity contribution is 0.104. The molecule has 3 nitrogen and oxygen atoms in total. The van der Waals surface area contributed by atoms with Crippen LogP contribution in [0.5, 0.6) is 0 Å². The zero-order valence-corrected chi connectivity index (χ0v) is 9.30. The fourth-order valence-electron chi connectivity index (χ4n) is 1.83. The highest BCUT2D eigenvalue weighted by atomic mass is 16.1. The van der Waals surface area contributed by atoms with Crippen LogP contribution in [0.3, 0.4) is 0 Å². The molecule has 0 bridgehead atoms. The van der Waals surface area contributed by atoms with Gasteiger partial charge in [0.1, 0.15) is 5.69 Å². The summed E-state index contributed by atoms with van der Waals surface area (Å²) < 4.78 is 0. The Morgan fingerprint density at radius 2 is 2.06 bits per heavy atom. The molecular formula is C13H16N2O. The van der Waals surface area contributed by atoms with Crippen molar-refractivity contribution in [3.63, 3.8) is 0 Å². The van der Waals surface area contributed by atoms with Crippen LogP contribution in [0.25, 0.3) is 0 Å². The van der Waals surface area contributed by atoms with E-state index < -0.39 is 0 Å². The minimum Gasteiger partial charge on any atom is -0.377 e. The van der Waals surface area contributed by atoms with E-state index in [1.807, 2.05) is 18.3 Å². The number of hydrogen-bond acceptors (Lipinski definition) is 3. The van der Waals surface area contributed by atoms with E-state index in [-0.39, 0.29) is 5.78 Å². The van der Waals surface area contributed by atoms with Crippen molar-refractivity contribution in [1.82, 2.24) is 9.88 Å². The highest BCUT2D eigenvalue weighted by Crippen LogP contribution is 2.09.